The summed E-state index contributed by atoms with van der Waals surface area (Å²) >= 11 is 6.08. The number of carboxylic acids is 1. The molecule has 0 saturated carbocycles. The molecule has 0 amide bonds. The van der Waals surface area contributed by atoms with E-state index in [9.17, 15) is 4.79 Å². The lowest BCUT2D eigenvalue weighted by Gasteiger charge is -2.06. The first-order chi connectivity index (χ1) is 8.08. The number of benzene rings is 2. The van der Waals surface area contributed by atoms with Crippen LogP contribution in [0.4, 0.5) is 0 Å². The van der Waals surface area contributed by atoms with Gasteiger partial charge in [0.05, 0.1) is 5.56 Å². The molecule has 0 aliphatic heterocycles. The van der Waals surface area contributed by atoms with Crippen molar-refractivity contribution in [3.05, 3.63) is 58.6 Å². The standard InChI is InChI=1S/C14H11ClO2/c1-9-2-4-10(5-3-9)12-8-11(14(16)17)6-7-13(12)15/h2-8H,1H3,(H,16,17). The van der Waals surface area contributed by atoms with Gasteiger partial charge in [0.2, 0.25) is 0 Å². The van der Waals surface area contributed by atoms with E-state index in [-0.39, 0.29) is 5.56 Å². The molecule has 1 N–H and O–H groups in total. The van der Waals surface area contributed by atoms with Gasteiger partial charge in [-0.05, 0) is 30.7 Å². The van der Waals surface area contributed by atoms with Crippen LogP contribution in [0.5, 0.6) is 0 Å². The smallest absolute Gasteiger partial charge is 0.335 e. The normalized spacial score (nSPS) is 10.2. The molecular weight excluding hydrogens is 236 g/mol. The van der Waals surface area contributed by atoms with Gasteiger partial charge in [0, 0.05) is 10.6 Å². The quantitative estimate of drug-likeness (QED) is 0.869. The van der Waals surface area contributed by atoms with Crippen LogP contribution in [0.25, 0.3) is 11.1 Å². The Labute approximate surface area is 104 Å². The molecule has 86 valence electrons. The molecule has 0 unspecified atom stereocenters. The molecule has 0 aromatic heterocycles. The number of hydrogen-bond donors (Lipinski definition) is 1. The maximum absolute atomic E-state index is 10.9. The van der Waals surface area contributed by atoms with Crippen LogP contribution in [-0.2, 0) is 0 Å². The van der Waals surface area contributed by atoms with Gasteiger partial charge in [-0.15, -0.1) is 0 Å². The molecule has 0 bridgehead atoms. The van der Waals surface area contributed by atoms with Crippen LogP contribution in [0.15, 0.2) is 42.5 Å². The van der Waals surface area contributed by atoms with Gasteiger partial charge in [0.1, 0.15) is 0 Å². The topological polar surface area (TPSA) is 37.3 Å². The van der Waals surface area contributed by atoms with Crippen molar-refractivity contribution in [1.82, 2.24) is 0 Å². The molecule has 0 radical (unpaired) electrons. The van der Waals surface area contributed by atoms with Crippen LogP contribution in [-0.4, -0.2) is 11.1 Å². The summed E-state index contributed by atoms with van der Waals surface area (Å²) in [6, 6.07) is 12.5. The zero-order valence-electron chi connectivity index (χ0n) is 9.27. The van der Waals surface area contributed by atoms with Crippen LogP contribution < -0.4 is 0 Å². The SMILES string of the molecule is Cc1ccc(-c2cc(C(=O)O)ccc2Cl)cc1. The van der Waals surface area contributed by atoms with E-state index in [1.165, 1.54) is 6.07 Å². The minimum Gasteiger partial charge on any atom is -0.478 e. The fraction of sp³-hybridized carbons (Fsp3) is 0.0714. The van der Waals surface area contributed by atoms with Gasteiger partial charge in [0.25, 0.3) is 0 Å². The lowest BCUT2D eigenvalue weighted by atomic mass is 10.0. The average molecular weight is 247 g/mol. The Morgan fingerprint density at radius 2 is 1.76 bits per heavy atom. The molecule has 0 atom stereocenters. The Morgan fingerprint density at radius 1 is 1.12 bits per heavy atom. The van der Waals surface area contributed by atoms with Crippen LogP contribution in [0.1, 0.15) is 15.9 Å². The van der Waals surface area contributed by atoms with Crippen molar-refractivity contribution < 1.29 is 9.90 Å². The lowest BCUT2D eigenvalue weighted by Crippen LogP contribution is -1.96. The monoisotopic (exact) mass is 246 g/mol. The van der Waals surface area contributed by atoms with Crippen LogP contribution in [0.3, 0.4) is 0 Å². The molecule has 0 aliphatic carbocycles. The number of carbonyl (C=O) groups is 1. The Balaban J connectivity index is 2.54. The number of rotatable bonds is 2. The molecule has 2 aromatic carbocycles. The van der Waals surface area contributed by atoms with Gasteiger partial charge in [-0.25, -0.2) is 4.79 Å². The van der Waals surface area contributed by atoms with Gasteiger partial charge < -0.3 is 5.11 Å². The van der Waals surface area contributed by atoms with E-state index in [2.05, 4.69) is 0 Å². The molecule has 0 spiro atoms. The van der Waals surface area contributed by atoms with Gasteiger partial charge in [-0.3, -0.25) is 0 Å². The third kappa shape index (κ3) is 2.48. The van der Waals surface area contributed by atoms with E-state index >= 15 is 0 Å². The number of halogens is 1. The summed E-state index contributed by atoms with van der Waals surface area (Å²) in [6.07, 6.45) is 0. The van der Waals surface area contributed by atoms with E-state index in [4.69, 9.17) is 16.7 Å². The highest BCUT2D eigenvalue weighted by Gasteiger charge is 2.08. The fourth-order valence-corrected chi connectivity index (χ4v) is 1.84. The molecule has 0 saturated heterocycles. The third-order valence-electron chi connectivity index (χ3n) is 2.58. The van der Waals surface area contributed by atoms with E-state index in [1.807, 2.05) is 31.2 Å². The maximum atomic E-state index is 10.9. The van der Waals surface area contributed by atoms with E-state index in [0.29, 0.717) is 5.02 Å². The molecule has 2 nitrogen and oxygen atoms in total. The lowest BCUT2D eigenvalue weighted by molar-refractivity contribution is 0.0697. The Morgan fingerprint density at radius 3 is 2.35 bits per heavy atom. The zero-order chi connectivity index (χ0) is 12.4. The summed E-state index contributed by atoms with van der Waals surface area (Å²) < 4.78 is 0. The Hall–Kier alpha value is -1.80. The van der Waals surface area contributed by atoms with E-state index in [1.54, 1.807) is 12.1 Å². The van der Waals surface area contributed by atoms with E-state index < -0.39 is 5.97 Å². The fourth-order valence-electron chi connectivity index (χ4n) is 1.61. The van der Waals surface area contributed by atoms with Gasteiger partial charge in [-0.1, -0.05) is 41.4 Å². The molecule has 0 heterocycles. The van der Waals surface area contributed by atoms with Crippen molar-refractivity contribution in [2.75, 3.05) is 0 Å². The predicted octanol–water partition coefficient (Wildman–Crippen LogP) is 4.01. The van der Waals surface area contributed by atoms with E-state index in [0.717, 1.165) is 16.7 Å². The minimum atomic E-state index is -0.949. The average Bonchev–Trinajstić information content (AvgIpc) is 2.31. The largest absolute Gasteiger partial charge is 0.478 e. The second kappa shape index (κ2) is 4.60. The molecule has 0 aliphatic rings. The number of aromatic carboxylic acids is 1. The first-order valence-corrected chi connectivity index (χ1v) is 5.55. The second-order valence-electron chi connectivity index (χ2n) is 3.87. The van der Waals surface area contributed by atoms with Gasteiger partial charge in [-0.2, -0.15) is 0 Å². The first-order valence-electron chi connectivity index (χ1n) is 5.18. The summed E-state index contributed by atoms with van der Waals surface area (Å²) in [5, 5.41) is 9.50. The highest BCUT2D eigenvalue weighted by molar-refractivity contribution is 6.33. The van der Waals surface area contributed by atoms with Crippen LogP contribution in [0, 0.1) is 6.92 Å². The molecule has 17 heavy (non-hydrogen) atoms. The van der Waals surface area contributed by atoms with Crippen molar-refractivity contribution in [2.24, 2.45) is 0 Å². The highest BCUT2D eigenvalue weighted by atomic mass is 35.5. The summed E-state index contributed by atoms with van der Waals surface area (Å²) in [6.45, 7) is 2.00. The summed E-state index contributed by atoms with van der Waals surface area (Å²) in [7, 11) is 0. The Kier molecular flexibility index (Phi) is 3.16. The summed E-state index contributed by atoms with van der Waals surface area (Å²) in [4.78, 5) is 10.9. The van der Waals surface area contributed by atoms with Crippen molar-refractivity contribution in [3.63, 3.8) is 0 Å². The maximum Gasteiger partial charge on any atom is 0.335 e. The first kappa shape index (κ1) is 11.7. The van der Waals surface area contributed by atoms with Crippen LogP contribution >= 0.6 is 11.6 Å². The highest BCUT2D eigenvalue weighted by Crippen LogP contribution is 2.29. The van der Waals surface area contributed by atoms with Crippen molar-refractivity contribution in [1.29, 1.82) is 0 Å². The molecule has 0 fully saturated rings. The van der Waals surface area contributed by atoms with Crippen molar-refractivity contribution in [3.8, 4) is 11.1 Å². The summed E-state index contributed by atoms with van der Waals surface area (Å²) in [5.41, 5.74) is 3.06. The second-order valence-corrected chi connectivity index (χ2v) is 4.27. The number of aryl methyl sites for hydroxylation is 1. The zero-order valence-corrected chi connectivity index (χ0v) is 10.0. The van der Waals surface area contributed by atoms with Gasteiger partial charge in [0.15, 0.2) is 0 Å². The van der Waals surface area contributed by atoms with Crippen molar-refractivity contribution in [2.45, 2.75) is 6.92 Å². The van der Waals surface area contributed by atoms with Crippen LogP contribution in [0.2, 0.25) is 5.02 Å². The van der Waals surface area contributed by atoms with Crippen molar-refractivity contribution >= 4 is 17.6 Å². The predicted molar refractivity (Wildman–Crippen MR) is 68.6 cm³/mol. The molecule has 3 heteroatoms. The summed E-state index contributed by atoms with van der Waals surface area (Å²) in [5.74, 6) is -0.949. The number of hydrogen-bond acceptors (Lipinski definition) is 1. The Bertz CT molecular complexity index is 559. The molecule has 2 aromatic rings. The minimum absolute atomic E-state index is 0.241. The van der Waals surface area contributed by atoms with Gasteiger partial charge >= 0.3 is 5.97 Å². The number of carboxylic acid groups (broad SMARTS) is 1. The molecule has 2 rings (SSSR count). The third-order valence-corrected chi connectivity index (χ3v) is 2.91. The molecular formula is C14H11ClO2.